The van der Waals surface area contributed by atoms with Crippen LogP contribution in [-0.4, -0.2) is 35.4 Å². The normalized spacial score (nSPS) is 15.3. The molecule has 2 aromatic carbocycles. The number of amides is 2. The predicted octanol–water partition coefficient (Wildman–Crippen LogP) is 3.47. The van der Waals surface area contributed by atoms with E-state index in [1.165, 1.54) is 11.9 Å². The summed E-state index contributed by atoms with van der Waals surface area (Å²) < 4.78 is 0. The molecule has 5 nitrogen and oxygen atoms in total. The van der Waals surface area contributed by atoms with Crippen LogP contribution in [0.3, 0.4) is 0 Å². The van der Waals surface area contributed by atoms with Crippen LogP contribution in [0.2, 0.25) is 5.02 Å². The minimum Gasteiger partial charge on any atom is -0.503 e. The molecule has 0 radical (unpaired) electrons. The van der Waals surface area contributed by atoms with Crippen molar-refractivity contribution in [2.45, 2.75) is 13.0 Å². The number of likely N-dealkylation sites (N-methyl/N-ethyl adjacent to an activating group) is 1. The summed E-state index contributed by atoms with van der Waals surface area (Å²) in [5, 5.41) is 13.3. The molecule has 2 amide bonds. The number of benzene rings is 2. The standard InChI is InChI=1S/C20H19ClN2O3/c1-12(22-19(25)17-11-23(2)20(26)18(17)24)14-4-3-5-15(10-14)13-6-8-16(21)9-7-13/h3-10,12,24H,11H2,1-2H3,(H,22,25)/t12-/m1/s1. The fraction of sp³-hybridized carbons (Fsp3) is 0.200. The Hall–Kier alpha value is -2.79. The van der Waals surface area contributed by atoms with Crippen LogP contribution in [0.15, 0.2) is 59.9 Å². The molecule has 1 atom stereocenters. The maximum absolute atomic E-state index is 12.4. The molecular weight excluding hydrogens is 352 g/mol. The van der Waals surface area contributed by atoms with E-state index in [4.69, 9.17) is 11.6 Å². The van der Waals surface area contributed by atoms with Gasteiger partial charge in [0.25, 0.3) is 11.8 Å². The third-order valence-electron chi connectivity index (χ3n) is 4.42. The van der Waals surface area contributed by atoms with E-state index >= 15 is 0 Å². The summed E-state index contributed by atoms with van der Waals surface area (Å²) in [7, 11) is 1.54. The summed E-state index contributed by atoms with van der Waals surface area (Å²) in [6, 6.07) is 15.1. The van der Waals surface area contributed by atoms with Gasteiger partial charge >= 0.3 is 0 Å². The van der Waals surface area contributed by atoms with Crippen molar-refractivity contribution in [3.63, 3.8) is 0 Å². The lowest BCUT2D eigenvalue weighted by molar-refractivity contribution is -0.126. The van der Waals surface area contributed by atoms with Gasteiger partial charge in [-0.25, -0.2) is 0 Å². The van der Waals surface area contributed by atoms with E-state index in [2.05, 4.69) is 5.32 Å². The Morgan fingerprint density at radius 2 is 1.88 bits per heavy atom. The molecule has 0 unspecified atom stereocenters. The van der Waals surface area contributed by atoms with Crippen LogP contribution in [0.5, 0.6) is 0 Å². The minimum atomic E-state index is -0.535. The number of hydrogen-bond acceptors (Lipinski definition) is 3. The first-order valence-electron chi connectivity index (χ1n) is 8.21. The van der Waals surface area contributed by atoms with E-state index in [1.54, 1.807) is 0 Å². The molecule has 0 saturated carbocycles. The molecule has 0 aliphatic carbocycles. The van der Waals surface area contributed by atoms with Crippen LogP contribution in [0.25, 0.3) is 11.1 Å². The average molecular weight is 371 g/mol. The highest BCUT2D eigenvalue weighted by Gasteiger charge is 2.32. The van der Waals surface area contributed by atoms with Crippen molar-refractivity contribution in [1.82, 2.24) is 10.2 Å². The summed E-state index contributed by atoms with van der Waals surface area (Å²) in [6.45, 7) is 1.96. The smallest absolute Gasteiger partial charge is 0.289 e. The molecule has 3 rings (SSSR count). The lowest BCUT2D eigenvalue weighted by atomic mass is 10.00. The zero-order chi connectivity index (χ0) is 18.8. The topological polar surface area (TPSA) is 69.6 Å². The SMILES string of the molecule is C[C@@H](NC(=O)C1=C(O)C(=O)N(C)C1)c1cccc(-c2ccc(Cl)cc2)c1. The van der Waals surface area contributed by atoms with Gasteiger partial charge in [-0.2, -0.15) is 0 Å². The van der Waals surface area contributed by atoms with Crippen LogP contribution in [0.1, 0.15) is 18.5 Å². The fourth-order valence-corrected chi connectivity index (χ4v) is 3.00. The molecule has 134 valence electrons. The second-order valence-electron chi connectivity index (χ2n) is 6.32. The molecule has 0 spiro atoms. The summed E-state index contributed by atoms with van der Waals surface area (Å²) >= 11 is 5.93. The number of nitrogens with one attached hydrogen (secondary N) is 1. The Bertz CT molecular complexity index is 890. The van der Waals surface area contributed by atoms with Crippen LogP contribution in [0.4, 0.5) is 0 Å². The molecular formula is C20H19ClN2O3. The molecule has 0 bridgehead atoms. The molecule has 0 fully saturated rings. The highest BCUT2D eigenvalue weighted by molar-refractivity contribution is 6.30. The molecule has 1 aliphatic rings. The quantitative estimate of drug-likeness (QED) is 0.865. The van der Waals surface area contributed by atoms with Gasteiger partial charge in [0.05, 0.1) is 18.2 Å². The molecule has 0 saturated heterocycles. The van der Waals surface area contributed by atoms with Gasteiger partial charge in [0.1, 0.15) is 0 Å². The predicted molar refractivity (Wildman–Crippen MR) is 101 cm³/mol. The maximum Gasteiger partial charge on any atom is 0.289 e. The minimum absolute atomic E-state index is 0.0956. The van der Waals surface area contributed by atoms with Crippen molar-refractivity contribution in [3.05, 3.63) is 70.4 Å². The van der Waals surface area contributed by atoms with Crippen molar-refractivity contribution in [2.24, 2.45) is 0 Å². The van der Waals surface area contributed by atoms with Crippen LogP contribution >= 0.6 is 11.6 Å². The van der Waals surface area contributed by atoms with Gasteiger partial charge in [-0.3, -0.25) is 9.59 Å². The second-order valence-corrected chi connectivity index (χ2v) is 6.75. The van der Waals surface area contributed by atoms with E-state index in [1.807, 2.05) is 55.5 Å². The highest BCUT2D eigenvalue weighted by atomic mass is 35.5. The second kappa shape index (κ2) is 7.22. The molecule has 1 heterocycles. The van der Waals surface area contributed by atoms with Crippen LogP contribution in [-0.2, 0) is 9.59 Å². The molecule has 1 aliphatic heterocycles. The summed E-state index contributed by atoms with van der Waals surface area (Å²) in [6.07, 6.45) is 0. The summed E-state index contributed by atoms with van der Waals surface area (Å²) in [5.74, 6) is -1.45. The van der Waals surface area contributed by atoms with Crippen molar-refractivity contribution < 1.29 is 14.7 Å². The number of halogens is 1. The van der Waals surface area contributed by atoms with Crippen LogP contribution in [0, 0.1) is 0 Å². The monoisotopic (exact) mass is 370 g/mol. The molecule has 0 aromatic heterocycles. The third-order valence-corrected chi connectivity index (χ3v) is 4.67. The van der Waals surface area contributed by atoms with E-state index in [0.29, 0.717) is 5.02 Å². The van der Waals surface area contributed by atoms with Crippen molar-refractivity contribution >= 4 is 23.4 Å². The maximum atomic E-state index is 12.4. The highest BCUT2D eigenvalue weighted by Crippen LogP contribution is 2.25. The van der Waals surface area contributed by atoms with E-state index in [0.717, 1.165) is 16.7 Å². The van der Waals surface area contributed by atoms with E-state index in [9.17, 15) is 14.7 Å². The first kappa shape index (κ1) is 18.0. The molecule has 2 N–H and O–H groups in total. The molecule has 6 heteroatoms. The van der Waals surface area contributed by atoms with Crippen molar-refractivity contribution in [2.75, 3.05) is 13.6 Å². The third kappa shape index (κ3) is 3.58. The Morgan fingerprint density at radius 1 is 1.19 bits per heavy atom. The molecule has 2 aromatic rings. The molecule has 26 heavy (non-hydrogen) atoms. The summed E-state index contributed by atoms with van der Waals surface area (Å²) in [4.78, 5) is 25.3. The Morgan fingerprint density at radius 3 is 2.50 bits per heavy atom. The van der Waals surface area contributed by atoms with Gasteiger partial charge in [-0.1, -0.05) is 41.9 Å². The lowest BCUT2D eigenvalue weighted by Crippen LogP contribution is -2.30. The van der Waals surface area contributed by atoms with E-state index in [-0.39, 0.29) is 18.2 Å². The lowest BCUT2D eigenvalue weighted by Gasteiger charge is -2.16. The zero-order valence-electron chi connectivity index (χ0n) is 14.5. The van der Waals surface area contributed by atoms with Crippen LogP contribution < -0.4 is 5.32 Å². The number of aliphatic hydroxyl groups excluding tert-OH is 1. The first-order chi connectivity index (χ1) is 12.4. The Kier molecular flexibility index (Phi) is 5.00. The average Bonchev–Trinajstić information content (AvgIpc) is 2.90. The first-order valence-corrected chi connectivity index (χ1v) is 8.59. The number of nitrogens with zero attached hydrogens (tertiary/aromatic N) is 1. The zero-order valence-corrected chi connectivity index (χ0v) is 15.2. The Labute approximate surface area is 156 Å². The summed E-state index contributed by atoms with van der Waals surface area (Å²) in [5.41, 5.74) is 3.05. The van der Waals surface area contributed by atoms with E-state index < -0.39 is 17.6 Å². The van der Waals surface area contributed by atoms with Gasteiger partial charge in [0.15, 0.2) is 5.76 Å². The number of carbonyl (C=O) groups excluding carboxylic acids is 2. The Balaban J connectivity index is 1.77. The van der Waals surface area contributed by atoms with Crippen molar-refractivity contribution in [3.8, 4) is 11.1 Å². The number of rotatable bonds is 4. The fourth-order valence-electron chi connectivity index (χ4n) is 2.87. The number of carbonyl (C=O) groups is 2. The largest absolute Gasteiger partial charge is 0.503 e. The van der Waals surface area contributed by atoms with Gasteiger partial charge < -0.3 is 15.3 Å². The number of hydrogen-bond donors (Lipinski definition) is 2. The van der Waals surface area contributed by atoms with Gasteiger partial charge in [0, 0.05) is 12.1 Å². The van der Waals surface area contributed by atoms with Crippen molar-refractivity contribution in [1.29, 1.82) is 0 Å². The number of aliphatic hydroxyl groups is 1. The van der Waals surface area contributed by atoms with Gasteiger partial charge in [-0.15, -0.1) is 0 Å². The van der Waals surface area contributed by atoms with Gasteiger partial charge in [-0.05, 0) is 41.8 Å². The van der Waals surface area contributed by atoms with Gasteiger partial charge in [0.2, 0.25) is 0 Å².